The largest absolute Gasteiger partial charge is 0.504 e. The number of Topliss-reactive ketones (excluding diaryl/α,β-unsaturated/α-hetero) is 2. The first-order valence-corrected chi connectivity index (χ1v) is 12.1. The lowest BCUT2D eigenvalue weighted by Gasteiger charge is -2.18. The van der Waals surface area contributed by atoms with Crippen molar-refractivity contribution in [2.24, 2.45) is 5.73 Å². The molecule has 0 amide bonds. The highest BCUT2D eigenvalue weighted by atomic mass is 19.4. The quantitative estimate of drug-likeness (QED) is 0.115. The number of rotatable bonds is 8. The van der Waals surface area contributed by atoms with Crippen molar-refractivity contribution >= 4 is 29.2 Å². The van der Waals surface area contributed by atoms with Crippen LogP contribution in [-0.4, -0.2) is 77.4 Å². The molecule has 1 aliphatic heterocycles. The Morgan fingerprint density at radius 1 is 0.905 bits per heavy atom. The Kier molecular flexibility index (Phi) is 11.1. The molecule has 1 heterocycles. The Labute approximate surface area is 235 Å². The average molecular weight is 605 g/mol. The van der Waals surface area contributed by atoms with E-state index in [9.17, 15) is 45.8 Å². The van der Waals surface area contributed by atoms with Crippen LogP contribution in [0.1, 0.15) is 41.3 Å². The topological polar surface area (TPSA) is 167 Å². The van der Waals surface area contributed by atoms with Gasteiger partial charge < -0.3 is 25.2 Å². The average Bonchev–Trinajstić information content (AvgIpc) is 3.45. The summed E-state index contributed by atoms with van der Waals surface area (Å²) >= 11 is 0. The Hall–Kier alpha value is -4.63. The lowest BCUT2D eigenvalue weighted by Crippen LogP contribution is -2.39. The van der Waals surface area contributed by atoms with E-state index in [1.807, 2.05) is 4.90 Å². The zero-order chi connectivity index (χ0) is 31.8. The third-order valence-corrected chi connectivity index (χ3v) is 5.59. The number of benzene rings is 2. The summed E-state index contributed by atoms with van der Waals surface area (Å²) in [7, 11) is 0. The number of esters is 1. The maximum absolute atomic E-state index is 12.4. The number of phenolic OH excluding ortho intramolecular Hbond substituents is 1. The molecule has 228 valence electrons. The van der Waals surface area contributed by atoms with Gasteiger partial charge in [0.2, 0.25) is 0 Å². The molecule has 1 atom stereocenters. The fraction of sp³-hybridized carbons (Fsp3) is 0.346. The van der Waals surface area contributed by atoms with Crippen molar-refractivity contribution in [2.45, 2.75) is 38.2 Å². The van der Waals surface area contributed by atoms with E-state index < -0.39 is 36.0 Å². The van der Waals surface area contributed by atoms with Gasteiger partial charge in [-0.15, -0.1) is 0 Å². The number of ketones is 2. The number of carbonyl (C=O) groups excluding carboxylic acids is 3. The molecule has 0 unspecified atom stereocenters. The van der Waals surface area contributed by atoms with E-state index in [4.69, 9.17) is 26.0 Å². The number of alkyl halides is 6. The minimum atomic E-state index is -5.77. The first-order valence-electron chi connectivity index (χ1n) is 12.1. The molecule has 1 aliphatic rings. The van der Waals surface area contributed by atoms with E-state index in [-0.39, 0.29) is 23.9 Å². The van der Waals surface area contributed by atoms with Crippen LogP contribution in [0.2, 0.25) is 0 Å². The summed E-state index contributed by atoms with van der Waals surface area (Å²) in [4.78, 5) is 33.6. The van der Waals surface area contributed by atoms with Crippen molar-refractivity contribution in [2.75, 3.05) is 19.7 Å². The summed E-state index contributed by atoms with van der Waals surface area (Å²) in [6.45, 7) is 3.50. The number of amidine groups is 2. The first-order chi connectivity index (χ1) is 19.4. The Balaban J connectivity index is 0.000000435. The van der Waals surface area contributed by atoms with Crippen molar-refractivity contribution in [1.29, 1.82) is 10.8 Å². The Bertz CT molecular complexity index is 1300. The number of nitrogen functional groups attached to an aromatic ring is 1. The van der Waals surface area contributed by atoms with Gasteiger partial charge in [-0.3, -0.25) is 20.4 Å². The standard InChI is InChI=1S/C22H26N4O4.C4F6O2/c1-14(13-29-19-12-17(20(23)24)8-9-18(19)27)30-22(28)16-6-4-15(5-7-16)21(25)26-10-2-3-11-26;5-3(6,7)1(11)2(12)4(8,9)10/h4-9,12,14,25,27H,2-3,10-11,13H2,1H3,(H3,23,24);/t14-;/m0./s1. The number of phenols is 1. The van der Waals surface area contributed by atoms with Gasteiger partial charge in [0.25, 0.3) is 0 Å². The normalized spacial score (nSPS) is 13.8. The van der Waals surface area contributed by atoms with Gasteiger partial charge in [-0.1, -0.05) is 12.1 Å². The maximum Gasteiger partial charge on any atom is 0.458 e. The number of nitrogens with zero attached hydrogens (tertiary/aromatic N) is 1. The molecule has 0 bridgehead atoms. The predicted molar refractivity (Wildman–Crippen MR) is 136 cm³/mol. The fourth-order valence-corrected chi connectivity index (χ4v) is 3.43. The van der Waals surface area contributed by atoms with Gasteiger partial charge in [-0.05, 0) is 50.1 Å². The third-order valence-electron chi connectivity index (χ3n) is 5.59. The lowest BCUT2D eigenvalue weighted by atomic mass is 10.1. The molecule has 0 saturated carbocycles. The van der Waals surface area contributed by atoms with E-state index >= 15 is 0 Å². The molecule has 42 heavy (non-hydrogen) atoms. The summed E-state index contributed by atoms with van der Waals surface area (Å²) < 4.78 is 77.9. The Morgan fingerprint density at radius 3 is 1.86 bits per heavy atom. The second-order valence-electron chi connectivity index (χ2n) is 8.90. The van der Waals surface area contributed by atoms with E-state index in [1.165, 1.54) is 18.2 Å². The second-order valence-corrected chi connectivity index (χ2v) is 8.90. The van der Waals surface area contributed by atoms with Gasteiger partial charge in [-0.25, -0.2) is 4.79 Å². The predicted octanol–water partition coefficient (Wildman–Crippen LogP) is 3.97. The molecule has 0 aromatic heterocycles. The molecule has 3 rings (SSSR count). The van der Waals surface area contributed by atoms with Crippen LogP contribution in [-0.2, 0) is 14.3 Å². The van der Waals surface area contributed by atoms with Gasteiger partial charge in [0.05, 0.1) is 5.56 Å². The number of aromatic hydroxyl groups is 1. The fourth-order valence-electron chi connectivity index (χ4n) is 3.43. The van der Waals surface area contributed by atoms with Crippen LogP contribution in [0.4, 0.5) is 26.3 Å². The molecule has 1 saturated heterocycles. The SMILES string of the molecule is C[C@@H](COc1cc(C(=N)N)ccc1O)OC(=O)c1ccc(C(=N)N2CCCC2)cc1.O=C(C(=O)C(F)(F)F)C(F)(F)F. The summed E-state index contributed by atoms with van der Waals surface area (Å²) in [5.41, 5.74) is 7.03. The van der Waals surface area contributed by atoms with Crippen LogP contribution in [0.25, 0.3) is 0 Å². The van der Waals surface area contributed by atoms with Gasteiger partial charge in [-0.2, -0.15) is 26.3 Å². The highest BCUT2D eigenvalue weighted by Crippen LogP contribution is 2.27. The number of carbonyl (C=O) groups is 3. The minimum Gasteiger partial charge on any atom is -0.504 e. The van der Waals surface area contributed by atoms with Gasteiger partial charge in [0.15, 0.2) is 11.5 Å². The number of likely N-dealkylation sites (tertiary alicyclic amines) is 1. The number of nitrogens with two attached hydrogens (primary N) is 1. The van der Waals surface area contributed by atoms with Crippen LogP contribution in [0.15, 0.2) is 42.5 Å². The first kappa shape index (κ1) is 33.6. The molecule has 0 aliphatic carbocycles. The molecule has 5 N–H and O–H groups in total. The molecule has 0 radical (unpaired) electrons. The second kappa shape index (κ2) is 13.8. The number of nitrogens with one attached hydrogen (secondary N) is 2. The molecule has 1 fully saturated rings. The zero-order valence-corrected chi connectivity index (χ0v) is 21.9. The van der Waals surface area contributed by atoms with E-state index in [0.717, 1.165) is 31.5 Å². The maximum atomic E-state index is 12.4. The highest BCUT2D eigenvalue weighted by molar-refractivity contribution is 6.41. The van der Waals surface area contributed by atoms with Crippen LogP contribution >= 0.6 is 0 Å². The molecule has 2 aromatic rings. The van der Waals surface area contributed by atoms with E-state index in [2.05, 4.69) is 0 Å². The lowest BCUT2D eigenvalue weighted by molar-refractivity contribution is -0.193. The number of halogens is 6. The third kappa shape index (κ3) is 9.49. The van der Waals surface area contributed by atoms with Crippen molar-refractivity contribution < 1.29 is 55.3 Å². The highest BCUT2D eigenvalue weighted by Gasteiger charge is 2.54. The molecule has 0 spiro atoms. The van der Waals surface area contributed by atoms with Crippen LogP contribution in [0, 0.1) is 10.8 Å². The molecule has 2 aromatic carbocycles. The number of ether oxygens (including phenoxy) is 2. The summed E-state index contributed by atoms with van der Waals surface area (Å²) in [5.74, 6) is -6.90. The van der Waals surface area contributed by atoms with Crippen molar-refractivity contribution in [3.63, 3.8) is 0 Å². The Morgan fingerprint density at radius 2 is 1.38 bits per heavy atom. The molecular weight excluding hydrogens is 578 g/mol. The number of hydrogen-bond donors (Lipinski definition) is 4. The van der Waals surface area contributed by atoms with Crippen molar-refractivity contribution in [3.8, 4) is 11.5 Å². The van der Waals surface area contributed by atoms with Crippen LogP contribution < -0.4 is 10.5 Å². The van der Waals surface area contributed by atoms with Gasteiger partial charge in [0, 0.05) is 24.2 Å². The van der Waals surface area contributed by atoms with Crippen molar-refractivity contribution in [3.05, 3.63) is 59.2 Å². The summed E-state index contributed by atoms with van der Waals surface area (Å²) in [5, 5.41) is 25.6. The van der Waals surface area contributed by atoms with E-state index in [0.29, 0.717) is 17.0 Å². The monoisotopic (exact) mass is 604 g/mol. The minimum absolute atomic E-state index is 0.0261. The number of hydrogen-bond acceptors (Lipinski definition) is 8. The molecule has 16 heteroatoms. The molecule has 10 nitrogen and oxygen atoms in total. The summed E-state index contributed by atoms with van der Waals surface area (Å²) in [6, 6.07) is 11.2. The molecular formula is C26H26F6N4O6. The van der Waals surface area contributed by atoms with Crippen molar-refractivity contribution in [1.82, 2.24) is 4.90 Å². The van der Waals surface area contributed by atoms with Gasteiger partial charge >= 0.3 is 29.9 Å². The van der Waals surface area contributed by atoms with E-state index in [1.54, 1.807) is 31.2 Å². The summed E-state index contributed by atoms with van der Waals surface area (Å²) in [6.07, 6.45) is -9.91. The smallest absolute Gasteiger partial charge is 0.458 e. The van der Waals surface area contributed by atoms with Crippen LogP contribution in [0.3, 0.4) is 0 Å². The van der Waals surface area contributed by atoms with Crippen LogP contribution in [0.5, 0.6) is 11.5 Å². The zero-order valence-electron chi connectivity index (χ0n) is 21.9. The van der Waals surface area contributed by atoms with Gasteiger partial charge in [0.1, 0.15) is 24.4 Å².